The van der Waals surface area contributed by atoms with E-state index in [1.165, 1.54) is 0 Å². The van der Waals surface area contributed by atoms with E-state index in [1.807, 2.05) is 7.05 Å². The molecule has 1 heterocycles. The molecule has 18 heavy (non-hydrogen) atoms. The number of hydrogen-bond acceptors (Lipinski definition) is 3. The molecule has 0 aromatic rings. The molecule has 4 nitrogen and oxygen atoms in total. The van der Waals surface area contributed by atoms with Crippen molar-refractivity contribution in [3.8, 4) is 0 Å². The first-order valence-electron chi connectivity index (χ1n) is 7.12. The molecule has 1 saturated heterocycles. The molecule has 5 heteroatoms. The molecule has 0 aromatic heterocycles. The van der Waals surface area contributed by atoms with Crippen LogP contribution in [0.4, 0.5) is 0 Å². The van der Waals surface area contributed by atoms with Gasteiger partial charge >= 0.3 is 0 Å². The van der Waals surface area contributed by atoms with Gasteiger partial charge in [-0.15, -0.1) is 0 Å². The van der Waals surface area contributed by atoms with Crippen LogP contribution in [0.2, 0.25) is 0 Å². The fourth-order valence-electron chi connectivity index (χ4n) is 2.67. The van der Waals surface area contributed by atoms with Gasteiger partial charge in [0.1, 0.15) is 0 Å². The summed E-state index contributed by atoms with van der Waals surface area (Å²) in [6.07, 6.45) is 4.86. The van der Waals surface area contributed by atoms with Crippen molar-refractivity contribution >= 4 is 10.0 Å². The van der Waals surface area contributed by atoms with E-state index in [1.54, 1.807) is 4.31 Å². The standard InChI is InChI=1S/C13H28N2O2S/c1-4-13(5-2)8-10-15(12-13)18(16,17)11-7-6-9-14-3/h14H,4-12H2,1-3H3. The van der Waals surface area contributed by atoms with Gasteiger partial charge in [0.25, 0.3) is 0 Å². The second-order valence-electron chi connectivity index (χ2n) is 5.42. The third kappa shape index (κ3) is 3.93. The number of nitrogens with one attached hydrogen (secondary N) is 1. The Morgan fingerprint density at radius 2 is 1.89 bits per heavy atom. The lowest BCUT2D eigenvalue weighted by molar-refractivity contribution is 0.279. The zero-order valence-electron chi connectivity index (χ0n) is 12.0. The molecule has 0 saturated carbocycles. The first kappa shape index (κ1) is 15.9. The van der Waals surface area contributed by atoms with Crippen LogP contribution in [-0.4, -0.2) is 45.2 Å². The van der Waals surface area contributed by atoms with Crippen LogP contribution in [-0.2, 0) is 10.0 Å². The average molecular weight is 276 g/mol. The van der Waals surface area contributed by atoms with Crippen LogP contribution in [0, 0.1) is 5.41 Å². The summed E-state index contributed by atoms with van der Waals surface area (Å²) < 4.78 is 26.2. The molecular weight excluding hydrogens is 248 g/mol. The lowest BCUT2D eigenvalue weighted by atomic mass is 9.82. The van der Waals surface area contributed by atoms with Gasteiger partial charge in [0.05, 0.1) is 5.75 Å². The summed E-state index contributed by atoms with van der Waals surface area (Å²) in [4.78, 5) is 0. The van der Waals surface area contributed by atoms with Gasteiger partial charge in [0.15, 0.2) is 0 Å². The van der Waals surface area contributed by atoms with Crippen LogP contribution < -0.4 is 5.32 Å². The van der Waals surface area contributed by atoms with Crippen molar-refractivity contribution in [1.29, 1.82) is 0 Å². The number of unbranched alkanes of at least 4 members (excludes halogenated alkanes) is 1. The Hall–Kier alpha value is -0.130. The van der Waals surface area contributed by atoms with Crippen molar-refractivity contribution in [2.45, 2.75) is 46.0 Å². The normalized spacial score (nSPS) is 20.4. The van der Waals surface area contributed by atoms with E-state index in [2.05, 4.69) is 19.2 Å². The molecule has 0 spiro atoms. The van der Waals surface area contributed by atoms with Crippen LogP contribution in [0.3, 0.4) is 0 Å². The predicted octanol–water partition coefficient (Wildman–Crippen LogP) is 1.83. The van der Waals surface area contributed by atoms with Crippen LogP contribution in [0.15, 0.2) is 0 Å². The maximum Gasteiger partial charge on any atom is 0.214 e. The van der Waals surface area contributed by atoms with Gasteiger partial charge in [-0.3, -0.25) is 0 Å². The molecule has 0 atom stereocenters. The Morgan fingerprint density at radius 3 is 2.39 bits per heavy atom. The molecule has 0 amide bonds. The highest BCUT2D eigenvalue weighted by Crippen LogP contribution is 2.38. The van der Waals surface area contributed by atoms with Crippen LogP contribution >= 0.6 is 0 Å². The summed E-state index contributed by atoms with van der Waals surface area (Å²) in [6.45, 7) is 6.69. The SMILES string of the molecule is CCC1(CC)CCN(S(=O)(=O)CCCCNC)C1. The second-order valence-corrected chi connectivity index (χ2v) is 7.51. The molecular formula is C13H28N2O2S. The molecule has 1 aliphatic heterocycles. The maximum absolute atomic E-state index is 12.2. The summed E-state index contributed by atoms with van der Waals surface area (Å²) in [5.41, 5.74) is 0.234. The minimum Gasteiger partial charge on any atom is -0.320 e. The maximum atomic E-state index is 12.2. The van der Waals surface area contributed by atoms with E-state index in [-0.39, 0.29) is 5.41 Å². The highest BCUT2D eigenvalue weighted by molar-refractivity contribution is 7.89. The Morgan fingerprint density at radius 1 is 1.22 bits per heavy atom. The Bertz CT molecular complexity index is 337. The van der Waals surface area contributed by atoms with E-state index in [0.29, 0.717) is 5.75 Å². The molecule has 108 valence electrons. The highest BCUT2D eigenvalue weighted by Gasteiger charge is 2.39. The minimum atomic E-state index is -3.03. The summed E-state index contributed by atoms with van der Waals surface area (Å²) in [5.74, 6) is 0.304. The fourth-order valence-corrected chi connectivity index (χ4v) is 4.34. The lowest BCUT2D eigenvalue weighted by Gasteiger charge is -2.26. The zero-order valence-corrected chi connectivity index (χ0v) is 12.9. The van der Waals surface area contributed by atoms with Crippen molar-refractivity contribution in [2.75, 3.05) is 32.4 Å². The number of hydrogen-bond donors (Lipinski definition) is 1. The van der Waals surface area contributed by atoms with Gasteiger partial charge < -0.3 is 5.32 Å². The van der Waals surface area contributed by atoms with E-state index >= 15 is 0 Å². The Labute approximate surface area is 112 Å². The monoisotopic (exact) mass is 276 g/mol. The van der Waals surface area contributed by atoms with Gasteiger partial charge in [-0.25, -0.2) is 12.7 Å². The van der Waals surface area contributed by atoms with Crippen molar-refractivity contribution in [2.24, 2.45) is 5.41 Å². The number of nitrogens with zero attached hydrogens (tertiary/aromatic N) is 1. The molecule has 0 bridgehead atoms. The van der Waals surface area contributed by atoms with Crippen LogP contribution in [0.5, 0.6) is 0 Å². The number of rotatable bonds is 8. The van der Waals surface area contributed by atoms with Crippen LogP contribution in [0.1, 0.15) is 46.0 Å². The summed E-state index contributed by atoms with van der Waals surface area (Å²) in [5, 5.41) is 3.05. The lowest BCUT2D eigenvalue weighted by Crippen LogP contribution is -2.33. The van der Waals surface area contributed by atoms with Gasteiger partial charge in [0, 0.05) is 13.1 Å². The molecule has 0 unspecified atom stereocenters. The Balaban J connectivity index is 2.49. The topological polar surface area (TPSA) is 49.4 Å². The predicted molar refractivity (Wildman–Crippen MR) is 76.2 cm³/mol. The minimum absolute atomic E-state index is 0.234. The van der Waals surface area contributed by atoms with Crippen molar-refractivity contribution in [3.05, 3.63) is 0 Å². The molecule has 1 N–H and O–H groups in total. The van der Waals surface area contributed by atoms with Gasteiger partial charge in [-0.05, 0) is 51.1 Å². The fraction of sp³-hybridized carbons (Fsp3) is 1.00. The largest absolute Gasteiger partial charge is 0.320 e. The third-order valence-corrected chi connectivity index (χ3v) is 6.28. The molecule has 0 aliphatic carbocycles. The van der Waals surface area contributed by atoms with Crippen molar-refractivity contribution in [1.82, 2.24) is 9.62 Å². The van der Waals surface area contributed by atoms with Gasteiger partial charge in [-0.2, -0.15) is 0 Å². The molecule has 1 fully saturated rings. The quantitative estimate of drug-likeness (QED) is 0.688. The summed E-state index contributed by atoms with van der Waals surface area (Å²) in [7, 11) is -1.13. The number of sulfonamides is 1. The first-order valence-corrected chi connectivity index (χ1v) is 8.73. The summed E-state index contributed by atoms with van der Waals surface area (Å²) in [6, 6.07) is 0. The van der Waals surface area contributed by atoms with Crippen molar-refractivity contribution in [3.63, 3.8) is 0 Å². The first-order chi connectivity index (χ1) is 8.49. The molecule has 1 aliphatic rings. The van der Waals surface area contributed by atoms with Gasteiger partial charge in [0.2, 0.25) is 10.0 Å². The highest BCUT2D eigenvalue weighted by atomic mass is 32.2. The van der Waals surface area contributed by atoms with Gasteiger partial charge in [-0.1, -0.05) is 13.8 Å². The van der Waals surface area contributed by atoms with Crippen molar-refractivity contribution < 1.29 is 8.42 Å². The average Bonchev–Trinajstić information content (AvgIpc) is 2.81. The third-order valence-electron chi connectivity index (χ3n) is 4.38. The van der Waals surface area contributed by atoms with E-state index < -0.39 is 10.0 Å². The van der Waals surface area contributed by atoms with E-state index in [9.17, 15) is 8.42 Å². The second kappa shape index (κ2) is 6.87. The molecule has 1 rings (SSSR count). The van der Waals surface area contributed by atoms with E-state index in [4.69, 9.17) is 0 Å². The van der Waals surface area contributed by atoms with E-state index in [0.717, 1.165) is 51.7 Å². The zero-order chi connectivity index (χ0) is 13.6. The Kier molecular flexibility index (Phi) is 6.08. The molecule has 0 radical (unpaired) electrons. The smallest absolute Gasteiger partial charge is 0.214 e. The van der Waals surface area contributed by atoms with Crippen LogP contribution in [0.25, 0.3) is 0 Å². The molecule has 0 aromatic carbocycles. The summed E-state index contributed by atoms with van der Waals surface area (Å²) >= 11 is 0.